The average molecular weight is 356 g/mol. The molecule has 1 amide bonds. The minimum absolute atomic E-state index is 0.0466. The molecular formula is C16H12ClF2NO4. The second-order valence-corrected chi connectivity index (χ2v) is 4.94. The van der Waals surface area contributed by atoms with Crippen LogP contribution >= 0.6 is 11.6 Å². The Labute approximate surface area is 141 Å². The molecule has 0 radical (unpaired) electrons. The molecule has 0 unspecified atom stereocenters. The van der Waals surface area contributed by atoms with Gasteiger partial charge < -0.3 is 14.8 Å². The van der Waals surface area contributed by atoms with E-state index in [-0.39, 0.29) is 17.0 Å². The van der Waals surface area contributed by atoms with Gasteiger partial charge >= 0.3 is 12.6 Å². The van der Waals surface area contributed by atoms with E-state index in [2.05, 4.69) is 10.1 Å². The monoisotopic (exact) mass is 355 g/mol. The molecule has 1 N–H and O–H groups in total. The molecule has 2 rings (SSSR count). The Morgan fingerprint density at radius 2 is 1.75 bits per heavy atom. The molecule has 126 valence electrons. The van der Waals surface area contributed by atoms with Crippen LogP contribution in [0.3, 0.4) is 0 Å². The molecule has 2 aromatic rings. The molecule has 0 spiro atoms. The van der Waals surface area contributed by atoms with Crippen molar-refractivity contribution in [2.45, 2.75) is 6.61 Å². The summed E-state index contributed by atoms with van der Waals surface area (Å²) < 4.78 is 33.7. The van der Waals surface area contributed by atoms with E-state index in [9.17, 15) is 18.4 Å². The van der Waals surface area contributed by atoms with Crippen LogP contribution in [0.25, 0.3) is 0 Å². The molecule has 0 bridgehead atoms. The van der Waals surface area contributed by atoms with Gasteiger partial charge in [0.05, 0.1) is 11.3 Å². The third-order valence-electron chi connectivity index (χ3n) is 2.79. The van der Waals surface area contributed by atoms with Gasteiger partial charge in [-0.15, -0.1) is 0 Å². The maximum absolute atomic E-state index is 12.3. The Balaban J connectivity index is 1.92. The van der Waals surface area contributed by atoms with E-state index in [1.807, 2.05) is 0 Å². The highest BCUT2D eigenvalue weighted by Gasteiger charge is 2.14. The van der Waals surface area contributed by atoms with Gasteiger partial charge in [0, 0.05) is 5.02 Å². The fourth-order valence-corrected chi connectivity index (χ4v) is 1.88. The van der Waals surface area contributed by atoms with Gasteiger partial charge in [-0.2, -0.15) is 8.78 Å². The lowest BCUT2D eigenvalue weighted by molar-refractivity contribution is -0.119. The van der Waals surface area contributed by atoms with Crippen LogP contribution < -0.4 is 10.1 Å². The van der Waals surface area contributed by atoms with E-state index >= 15 is 0 Å². The van der Waals surface area contributed by atoms with E-state index in [4.69, 9.17) is 16.3 Å². The molecule has 0 saturated heterocycles. The first kappa shape index (κ1) is 17.7. The van der Waals surface area contributed by atoms with Crippen LogP contribution in [-0.4, -0.2) is 25.1 Å². The summed E-state index contributed by atoms with van der Waals surface area (Å²) in [7, 11) is 0. The van der Waals surface area contributed by atoms with Crippen LogP contribution in [-0.2, 0) is 9.53 Å². The number of hydrogen-bond donors (Lipinski definition) is 1. The van der Waals surface area contributed by atoms with Gasteiger partial charge in [-0.3, -0.25) is 4.79 Å². The topological polar surface area (TPSA) is 64.6 Å². The summed E-state index contributed by atoms with van der Waals surface area (Å²) >= 11 is 5.70. The van der Waals surface area contributed by atoms with Gasteiger partial charge in [-0.25, -0.2) is 4.79 Å². The third-order valence-corrected chi connectivity index (χ3v) is 3.04. The first-order valence-electron chi connectivity index (χ1n) is 6.72. The van der Waals surface area contributed by atoms with Crippen LogP contribution in [0.2, 0.25) is 5.02 Å². The summed E-state index contributed by atoms with van der Waals surface area (Å²) in [5, 5.41) is 2.79. The van der Waals surface area contributed by atoms with Crippen molar-refractivity contribution < 1.29 is 27.8 Å². The summed E-state index contributed by atoms with van der Waals surface area (Å²) in [4.78, 5) is 23.5. The van der Waals surface area contributed by atoms with E-state index in [0.29, 0.717) is 5.02 Å². The number of alkyl halides is 2. The van der Waals surface area contributed by atoms with Crippen LogP contribution in [0, 0.1) is 0 Å². The number of amides is 1. The van der Waals surface area contributed by atoms with Gasteiger partial charge in [-0.1, -0.05) is 23.7 Å². The number of carbonyl (C=O) groups excluding carboxylic acids is 2. The molecule has 0 heterocycles. The molecule has 8 heteroatoms. The highest BCUT2D eigenvalue weighted by Crippen LogP contribution is 2.25. The lowest BCUT2D eigenvalue weighted by Crippen LogP contribution is -2.21. The van der Waals surface area contributed by atoms with Crippen molar-refractivity contribution in [3.8, 4) is 5.75 Å². The standard InChI is InChI=1S/C16H12ClF2NO4/c17-11-7-5-10(6-8-11)15(22)23-9-14(21)20-12-3-1-2-4-13(12)24-16(18)19/h1-8,16H,9H2,(H,20,21). The molecule has 24 heavy (non-hydrogen) atoms. The van der Waals surface area contributed by atoms with E-state index in [1.54, 1.807) is 0 Å². The minimum atomic E-state index is -3.02. The van der Waals surface area contributed by atoms with Crippen LogP contribution in [0.1, 0.15) is 10.4 Å². The summed E-state index contributed by atoms with van der Waals surface area (Å²) in [6, 6.07) is 11.6. The smallest absolute Gasteiger partial charge is 0.387 e. The Bertz CT molecular complexity index is 722. The lowest BCUT2D eigenvalue weighted by atomic mass is 10.2. The Morgan fingerprint density at radius 3 is 2.42 bits per heavy atom. The lowest BCUT2D eigenvalue weighted by Gasteiger charge is -2.11. The number of para-hydroxylation sites is 2. The highest BCUT2D eigenvalue weighted by atomic mass is 35.5. The second kappa shape index (κ2) is 8.26. The fourth-order valence-electron chi connectivity index (χ4n) is 1.76. The number of benzene rings is 2. The first-order valence-corrected chi connectivity index (χ1v) is 7.10. The van der Waals surface area contributed by atoms with Crippen molar-refractivity contribution in [3.63, 3.8) is 0 Å². The van der Waals surface area contributed by atoms with Gasteiger partial charge in [-0.05, 0) is 36.4 Å². The van der Waals surface area contributed by atoms with Crippen molar-refractivity contribution in [1.82, 2.24) is 0 Å². The summed E-state index contributed by atoms with van der Waals surface area (Å²) in [5.74, 6) is -1.59. The number of anilines is 1. The zero-order valence-electron chi connectivity index (χ0n) is 12.2. The number of halogens is 3. The van der Waals surface area contributed by atoms with Crippen molar-refractivity contribution in [3.05, 3.63) is 59.1 Å². The summed E-state index contributed by atoms with van der Waals surface area (Å²) in [6.07, 6.45) is 0. The van der Waals surface area contributed by atoms with E-state index in [0.717, 1.165) is 0 Å². The molecule has 0 fully saturated rings. The Hall–Kier alpha value is -2.67. The predicted octanol–water partition coefficient (Wildman–Crippen LogP) is 3.74. The number of hydrogen-bond acceptors (Lipinski definition) is 4. The number of carbonyl (C=O) groups is 2. The molecular weight excluding hydrogens is 344 g/mol. The van der Waals surface area contributed by atoms with Crippen LogP contribution in [0.5, 0.6) is 5.75 Å². The van der Waals surface area contributed by atoms with Crippen LogP contribution in [0.4, 0.5) is 14.5 Å². The van der Waals surface area contributed by atoms with Crippen molar-refractivity contribution >= 4 is 29.2 Å². The second-order valence-electron chi connectivity index (χ2n) is 4.51. The number of nitrogens with one attached hydrogen (secondary N) is 1. The van der Waals surface area contributed by atoms with E-state index in [1.165, 1.54) is 48.5 Å². The fraction of sp³-hybridized carbons (Fsp3) is 0.125. The Kier molecular flexibility index (Phi) is 6.08. The number of esters is 1. The zero-order valence-corrected chi connectivity index (χ0v) is 12.9. The van der Waals surface area contributed by atoms with Crippen molar-refractivity contribution in [2.75, 3.05) is 11.9 Å². The maximum atomic E-state index is 12.3. The molecule has 0 saturated carbocycles. The summed E-state index contributed by atoms with van der Waals surface area (Å²) in [6.45, 7) is -3.60. The van der Waals surface area contributed by atoms with Gasteiger partial charge in [0.1, 0.15) is 5.75 Å². The zero-order chi connectivity index (χ0) is 17.5. The van der Waals surface area contributed by atoms with Gasteiger partial charge in [0.2, 0.25) is 0 Å². The molecule has 2 aromatic carbocycles. The van der Waals surface area contributed by atoms with E-state index < -0.39 is 25.1 Å². The van der Waals surface area contributed by atoms with Gasteiger partial charge in [0.15, 0.2) is 6.61 Å². The third kappa shape index (κ3) is 5.20. The first-order chi connectivity index (χ1) is 11.5. The predicted molar refractivity (Wildman–Crippen MR) is 83.4 cm³/mol. The molecule has 5 nitrogen and oxygen atoms in total. The normalized spacial score (nSPS) is 10.3. The molecule has 0 aliphatic heterocycles. The van der Waals surface area contributed by atoms with Crippen LogP contribution in [0.15, 0.2) is 48.5 Å². The summed E-state index contributed by atoms with van der Waals surface area (Å²) in [5.41, 5.74) is 0.277. The largest absolute Gasteiger partial charge is 0.452 e. The molecule has 0 aliphatic carbocycles. The van der Waals surface area contributed by atoms with Crippen molar-refractivity contribution in [2.24, 2.45) is 0 Å². The Morgan fingerprint density at radius 1 is 1.08 bits per heavy atom. The molecule has 0 atom stereocenters. The van der Waals surface area contributed by atoms with Crippen molar-refractivity contribution in [1.29, 1.82) is 0 Å². The maximum Gasteiger partial charge on any atom is 0.387 e. The molecule has 0 aromatic heterocycles. The quantitative estimate of drug-likeness (QED) is 0.802. The average Bonchev–Trinajstić information content (AvgIpc) is 2.54. The highest BCUT2D eigenvalue weighted by molar-refractivity contribution is 6.30. The number of ether oxygens (including phenoxy) is 2. The minimum Gasteiger partial charge on any atom is -0.452 e. The van der Waals surface area contributed by atoms with Gasteiger partial charge in [0.25, 0.3) is 5.91 Å². The molecule has 0 aliphatic rings. The SMILES string of the molecule is O=C(COC(=O)c1ccc(Cl)cc1)Nc1ccccc1OC(F)F. The number of rotatable bonds is 6.